The number of fused-ring (bicyclic) bond motifs is 2. The number of likely N-dealkylation sites (N-methyl/N-ethyl adjacent to an activating group) is 1. The van der Waals surface area contributed by atoms with E-state index in [0.29, 0.717) is 29.0 Å². The van der Waals surface area contributed by atoms with Gasteiger partial charge in [0.25, 0.3) is 11.8 Å². The average molecular weight is 550 g/mol. The molecule has 2 aromatic carbocycles. The predicted octanol–water partition coefficient (Wildman–Crippen LogP) is 2.30. The molecule has 0 bridgehead atoms. The molecule has 2 aromatic rings. The van der Waals surface area contributed by atoms with Crippen molar-refractivity contribution in [3.8, 4) is 11.5 Å². The van der Waals surface area contributed by atoms with Crippen molar-refractivity contribution in [2.24, 2.45) is 10.7 Å². The number of benzene rings is 2. The number of ether oxygens (including phenoxy) is 2. The molecule has 0 spiro atoms. The van der Waals surface area contributed by atoms with Gasteiger partial charge in [-0.3, -0.25) is 19.3 Å². The summed E-state index contributed by atoms with van der Waals surface area (Å²) in [5, 5.41) is 16.2. The highest BCUT2D eigenvalue weighted by molar-refractivity contribution is 6.00. The fourth-order valence-corrected chi connectivity index (χ4v) is 5.60. The molecule has 11 nitrogen and oxygen atoms in total. The summed E-state index contributed by atoms with van der Waals surface area (Å²) in [6.45, 7) is 5.39. The first-order valence-corrected chi connectivity index (χ1v) is 13.4. The first-order valence-electron chi connectivity index (χ1n) is 13.4. The van der Waals surface area contributed by atoms with Crippen molar-refractivity contribution >= 4 is 23.7 Å². The van der Waals surface area contributed by atoms with Gasteiger partial charge in [0.15, 0.2) is 12.1 Å². The van der Waals surface area contributed by atoms with E-state index in [-0.39, 0.29) is 42.9 Å². The Hall–Kier alpha value is -4.12. The van der Waals surface area contributed by atoms with E-state index in [1.165, 1.54) is 11.9 Å². The van der Waals surface area contributed by atoms with Crippen LogP contribution in [-0.4, -0.2) is 58.2 Å². The van der Waals surface area contributed by atoms with Crippen LogP contribution in [0.5, 0.6) is 11.5 Å². The van der Waals surface area contributed by atoms with Gasteiger partial charge in [-0.2, -0.15) is 0 Å². The first kappa shape index (κ1) is 27.4. The number of carbonyl (C=O) groups is 3. The molecule has 5 atom stereocenters. The highest BCUT2D eigenvalue weighted by Gasteiger charge is 2.44. The van der Waals surface area contributed by atoms with E-state index >= 15 is 0 Å². The highest BCUT2D eigenvalue weighted by atomic mass is 16.6. The molecule has 212 valence electrons. The summed E-state index contributed by atoms with van der Waals surface area (Å²) in [5.74, 6) is -1.41. The van der Waals surface area contributed by atoms with Gasteiger partial charge in [-0.1, -0.05) is 25.1 Å². The van der Waals surface area contributed by atoms with Crippen LogP contribution in [0.1, 0.15) is 80.0 Å². The smallest absolute Gasteiger partial charge is 0.260 e. The van der Waals surface area contributed by atoms with Gasteiger partial charge in [0.2, 0.25) is 11.7 Å². The SMILES string of the molecule is CCC1(C)CC(=O)N(C2CC(C(=O)NC)Oc3ccc(C(=O)NC4CC(C)(O)Oc5ccccc54)cc32)C(N)=N1. The molecule has 0 fully saturated rings. The molecule has 3 heterocycles. The summed E-state index contributed by atoms with van der Waals surface area (Å²) in [5.41, 5.74) is 7.39. The second kappa shape index (κ2) is 10.1. The Kier molecular flexibility index (Phi) is 6.95. The minimum atomic E-state index is -1.45. The minimum absolute atomic E-state index is 0.0741. The van der Waals surface area contributed by atoms with Crippen LogP contribution < -0.4 is 25.8 Å². The quantitative estimate of drug-likeness (QED) is 0.446. The topological polar surface area (TPSA) is 156 Å². The number of nitrogens with two attached hydrogens (primary N) is 1. The number of hydrogen-bond acceptors (Lipinski definition) is 8. The zero-order valence-corrected chi connectivity index (χ0v) is 23.1. The van der Waals surface area contributed by atoms with Crippen LogP contribution in [0.3, 0.4) is 0 Å². The Labute approximate surface area is 232 Å². The van der Waals surface area contributed by atoms with Gasteiger partial charge in [0, 0.05) is 43.5 Å². The van der Waals surface area contributed by atoms with Crippen LogP contribution in [0.2, 0.25) is 0 Å². The number of para-hydroxylation sites is 1. The van der Waals surface area contributed by atoms with Crippen LogP contribution in [0.15, 0.2) is 47.5 Å². The van der Waals surface area contributed by atoms with Gasteiger partial charge in [-0.15, -0.1) is 0 Å². The van der Waals surface area contributed by atoms with Crippen LogP contribution in [-0.2, 0) is 9.59 Å². The second-order valence-corrected chi connectivity index (χ2v) is 11.0. The van der Waals surface area contributed by atoms with Crippen LogP contribution >= 0.6 is 0 Å². The van der Waals surface area contributed by atoms with Crippen molar-refractivity contribution in [1.82, 2.24) is 15.5 Å². The van der Waals surface area contributed by atoms with Gasteiger partial charge >= 0.3 is 0 Å². The Morgan fingerprint density at radius 1 is 1.18 bits per heavy atom. The summed E-state index contributed by atoms with van der Waals surface area (Å²) in [6.07, 6.45) is 0.253. The van der Waals surface area contributed by atoms with E-state index in [0.717, 1.165) is 5.56 Å². The summed E-state index contributed by atoms with van der Waals surface area (Å²) >= 11 is 0. The normalized spacial score (nSPS) is 29.2. The molecule has 3 aliphatic heterocycles. The molecule has 0 radical (unpaired) electrons. The van der Waals surface area contributed by atoms with Gasteiger partial charge in [0.05, 0.1) is 24.0 Å². The standard InChI is InChI=1S/C29H35N5O6/c1-5-28(2)15-24(35)34(27(30)33-28)20-13-23(26(37)31-4)39-21-11-10-16(12-18(20)21)25(36)32-19-14-29(3,38)40-22-9-7-6-8-17(19)22/h6-12,19-20,23,38H,5,13-15H2,1-4H3,(H2,30,33)(H,31,37)(H,32,36). The van der Waals surface area contributed by atoms with E-state index in [4.69, 9.17) is 15.2 Å². The number of guanidine groups is 1. The molecule has 11 heteroatoms. The Morgan fingerprint density at radius 2 is 1.93 bits per heavy atom. The van der Waals surface area contributed by atoms with Gasteiger partial charge in [-0.05, 0) is 37.6 Å². The number of rotatable bonds is 5. The summed E-state index contributed by atoms with van der Waals surface area (Å²) in [7, 11) is 1.52. The number of aliphatic imine (C=N–C) groups is 1. The largest absolute Gasteiger partial charge is 0.480 e. The molecule has 5 N–H and O–H groups in total. The van der Waals surface area contributed by atoms with Crippen molar-refractivity contribution < 1.29 is 29.0 Å². The summed E-state index contributed by atoms with van der Waals surface area (Å²) < 4.78 is 11.7. The van der Waals surface area contributed by atoms with Crippen molar-refractivity contribution in [1.29, 1.82) is 0 Å². The zero-order chi connectivity index (χ0) is 28.8. The third-order valence-corrected chi connectivity index (χ3v) is 7.89. The molecule has 0 saturated heterocycles. The van der Waals surface area contributed by atoms with Gasteiger partial charge in [-0.25, -0.2) is 4.99 Å². The van der Waals surface area contributed by atoms with Crippen molar-refractivity contribution in [3.63, 3.8) is 0 Å². The Morgan fingerprint density at radius 3 is 2.62 bits per heavy atom. The van der Waals surface area contributed by atoms with Crippen molar-refractivity contribution in [2.75, 3.05) is 7.05 Å². The van der Waals surface area contributed by atoms with Crippen molar-refractivity contribution in [2.45, 2.75) is 76.0 Å². The number of aliphatic hydroxyl groups is 1. The third-order valence-electron chi connectivity index (χ3n) is 7.89. The number of amides is 3. The van der Waals surface area contributed by atoms with E-state index in [9.17, 15) is 19.5 Å². The second-order valence-electron chi connectivity index (χ2n) is 11.0. The number of hydrogen-bond donors (Lipinski definition) is 4. The van der Waals surface area contributed by atoms with E-state index < -0.39 is 29.5 Å². The molecule has 0 aromatic heterocycles. The maximum atomic E-state index is 13.5. The van der Waals surface area contributed by atoms with Crippen LogP contribution in [0, 0.1) is 0 Å². The molecule has 3 aliphatic rings. The highest BCUT2D eigenvalue weighted by Crippen LogP contribution is 2.42. The number of nitrogens with zero attached hydrogens (tertiary/aromatic N) is 2. The maximum absolute atomic E-state index is 13.5. The van der Waals surface area contributed by atoms with Crippen LogP contribution in [0.4, 0.5) is 0 Å². The van der Waals surface area contributed by atoms with E-state index in [1.54, 1.807) is 37.3 Å². The fourth-order valence-electron chi connectivity index (χ4n) is 5.60. The zero-order valence-electron chi connectivity index (χ0n) is 23.1. The van der Waals surface area contributed by atoms with E-state index in [2.05, 4.69) is 15.6 Å². The molecular formula is C29H35N5O6. The molecular weight excluding hydrogens is 514 g/mol. The number of nitrogens with one attached hydrogen (secondary N) is 2. The van der Waals surface area contributed by atoms with Gasteiger partial charge in [0.1, 0.15) is 11.5 Å². The lowest BCUT2D eigenvalue weighted by Gasteiger charge is -2.42. The monoisotopic (exact) mass is 549 g/mol. The summed E-state index contributed by atoms with van der Waals surface area (Å²) in [4.78, 5) is 45.5. The van der Waals surface area contributed by atoms with Crippen molar-refractivity contribution in [3.05, 3.63) is 59.2 Å². The molecule has 0 aliphatic carbocycles. The van der Waals surface area contributed by atoms with Crippen LogP contribution in [0.25, 0.3) is 0 Å². The average Bonchev–Trinajstić information content (AvgIpc) is 2.91. The number of carbonyl (C=O) groups excluding carboxylic acids is 3. The van der Waals surface area contributed by atoms with Gasteiger partial charge < -0.3 is 30.9 Å². The summed E-state index contributed by atoms with van der Waals surface area (Å²) in [6, 6.07) is 11.0. The molecule has 5 unspecified atom stereocenters. The molecule has 0 saturated carbocycles. The molecule has 5 rings (SSSR count). The third kappa shape index (κ3) is 5.08. The predicted molar refractivity (Wildman–Crippen MR) is 147 cm³/mol. The lowest BCUT2D eigenvalue weighted by atomic mass is 9.89. The lowest BCUT2D eigenvalue weighted by Crippen LogP contribution is -2.54. The maximum Gasteiger partial charge on any atom is 0.260 e. The first-order chi connectivity index (χ1) is 18.9. The fraction of sp³-hybridized carbons (Fsp3) is 0.448. The lowest BCUT2D eigenvalue weighted by molar-refractivity contribution is -0.141. The van der Waals surface area contributed by atoms with E-state index in [1.807, 2.05) is 26.0 Å². The Balaban J connectivity index is 1.49. The molecule has 40 heavy (non-hydrogen) atoms. The minimum Gasteiger partial charge on any atom is -0.480 e. The Bertz CT molecular complexity index is 1390. The molecule has 3 amide bonds.